The Labute approximate surface area is 128 Å². The van der Waals surface area contributed by atoms with Gasteiger partial charge in [0, 0.05) is 6.04 Å². The summed E-state index contributed by atoms with van der Waals surface area (Å²) in [6, 6.07) is 0.459. The molecule has 3 rings (SSSR count). The Hall–Kier alpha value is -0.610. The molecular formula is C17H30N2O2. The Balaban J connectivity index is 1.61. The molecule has 3 aliphatic rings. The maximum Gasteiger partial charge on any atom is 0.323 e. The van der Waals surface area contributed by atoms with Crippen molar-refractivity contribution in [2.75, 3.05) is 20.1 Å². The first-order valence-electron chi connectivity index (χ1n) is 8.76. The summed E-state index contributed by atoms with van der Waals surface area (Å²) < 4.78 is 0. The SMILES string of the molecule is CNC1(C(=O)O)CCCC(N2CCC3(CCCC3)CC2)C1. The van der Waals surface area contributed by atoms with Crippen LogP contribution < -0.4 is 5.32 Å². The van der Waals surface area contributed by atoms with E-state index < -0.39 is 11.5 Å². The summed E-state index contributed by atoms with van der Waals surface area (Å²) in [5.41, 5.74) is -0.0382. The van der Waals surface area contributed by atoms with Crippen LogP contribution in [0.5, 0.6) is 0 Å². The van der Waals surface area contributed by atoms with Crippen molar-refractivity contribution < 1.29 is 9.90 Å². The Kier molecular flexibility index (Phi) is 4.28. The van der Waals surface area contributed by atoms with E-state index in [4.69, 9.17) is 0 Å². The molecule has 1 spiro atoms. The van der Waals surface area contributed by atoms with Crippen molar-refractivity contribution in [3.8, 4) is 0 Å². The molecule has 21 heavy (non-hydrogen) atoms. The van der Waals surface area contributed by atoms with Crippen LogP contribution in [0.25, 0.3) is 0 Å². The molecule has 0 aromatic heterocycles. The maximum absolute atomic E-state index is 11.7. The Bertz CT molecular complexity index is 382. The standard InChI is InChI=1S/C17H30N2O2/c1-18-17(15(20)21)8-4-5-14(13-17)19-11-9-16(10-12-19)6-2-3-7-16/h14,18H,2-13H2,1H3,(H,20,21). The molecule has 2 unspecified atom stereocenters. The topological polar surface area (TPSA) is 52.6 Å². The summed E-state index contributed by atoms with van der Waals surface area (Å²) in [7, 11) is 1.81. The molecule has 2 atom stereocenters. The normalized spacial score (nSPS) is 36.9. The van der Waals surface area contributed by atoms with Gasteiger partial charge in [-0.15, -0.1) is 0 Å². The van der Waals surface area contributed by atoms with Crippen LogP contribution >= 0.6 is 0 Å². The third-order valence-electron chi connectivity index (χ3n) is 6.65. The summed E-state index contributed by atoms with van der Waals surface area (Å²) in [4.78, 5) is 14.3. The fraction of sp³-hybridized carbons (Fsp3) is 0.941. The lowest BCUT2D eigenvalue weighted by Gasteiger charge is -2.47. The molecule has 2 aliphatic carbocycles. The third-order valence-corrected chi connectivity index (χ3v) is 6.65. The van der Waals surface area contributed by atoms with Gasteiger partial charge in [-0.05, 0) is 76.9 Å². The van der Waals surface area contributed by atoms with Crippen LogP contribution in [0.2, 0.25) is 0 Å². The number of piperidine rings is 1. The summed E-state index contributed by atoms with van der Waals surface area (Å²) in [5.74, 6) is -0.668. The lowest BCUT2D eigenvalue weighted by Crippen LogP contribution is -2.58. The predicted octanol–water partition coefficient (Wildman–Crippen LogP) is 2.63. The number of hydrogen-bond acceptors (Lipinski definition) is 3. The Morgan fingerprint density at radius 2 is 1.76 bits per heavy atom. The van der Waals surface area contributed by atoms with Crippen LogP contribution in [0.3, 0.4) is 0 Å². The van der Waals surface area contributed by atoms with E-state index in [1.54, 1.807) is 7.05 Å². The molecule has 2 N–H and O–H groups in total. The molecule has 0 radical (unpaired) electrons. The highest BCUT2D eigenvalue weighted by Crippen LogP contribution is 2.47. The number of likely N-dealkylation sites (N-methyl/N-ethyl adjacent to an activating group) is 1. The Morgan fingerprint density at radius 1 is 1.10 bits per heavy atom. The number of nitrogens with zero attached hydrogens (tertiary/aromatic N) is 1. The van der Waals surface area contributed by atoms with Crippen LogP contribution in [0.15, 0.2) is 0 Å². The van der Waals surface area contributed by atoms with Gasteiger partial charge in [-0.25, -0.2) is 0 Å². The average molecular weight is 294 g/mol. The van der Waals surface area contributed by atoms with Crippen molar-refractivity contribution in [1.29, 1.82) is 0 Å². The predicted molar refractivity (Wildman–Crippen MR) is 83.4 cm³/mol. The first-order chi connectivity index (χ1) is 10.1. The zero-order valence-electron chi connectivity index (χ0n) is 13.4. The van der Waals surface area contributed by atoms with Gasteiger partial charge in [-0.3, -0.25) is 4.79 Å². The molecule has 1 saturated heterocycles. The molecule has 2 saturated carbocycles. The van der Waals surface area contributed by atoms with Crippen LogP contribution in [0, 0.1) is 5.41 Å². The molecule has 1 aliphatic heterocycles. The van der Waals surface area contributed by atoms with Crippen molar-refractivity contribution in [1.82, 2.24) is 10.2 Å². The van der Waals surface area contributed by atoms with Crippen LogP contribution in [0.1, 0.15) is 64.2 Å². The van der Waals surface area contributed by atoms with E-state index in [9.17, 15) is 9.90 Å². The number of hydrogen-bond donors (Lipinski definition) is 2. The maximum atomic E-state index is 11.7. The van der Waals surface area contributed by atoms with Gasteiger partial charge < -0.3 is 15.3 Å². The Morgan fingerprint density at radius 3 is 2.33 bits per heavy atom. The van der Waals surface area contributed by atoms with Crippen molar-refractivity contribution >= 4 is 5.97 Å². The molecule has 4 nitrogen and oxygen atoms in total. The number of carboxylic acid groups (broad SMARTS) is 1. The quantitative estimate of drug-likeness (QED) is 0.840. The highest BCUT2D eigenvalue weighted by molar-refractivity contribution is 5.79. The van der Waals surface area contributed by atoms with E-state index in [0.717, 1.165) is 19.3 Å². The third kappa shape index (κ3) is 2.85. The number of carboxylic acids is 1. The van der Waals surface area contributed by atoms with Gasteiger partial charge in [-0.2, -0.15) is 0 Å². The van der Waals surface area contributed by atoms with E-state index in [2.05, 4.69) is 10.2 Å². The number of rotatable bonds is 3. The summed E-state index contributed by atoms with van der Waals surface area (Å²) in [5, 5.41) is 12.7. The van der Waals surface area contributed by atoms with Gasteiger partial charge >= 0.3 is 5.97 Å². The second kappa shape index (κ2) is 5.88. The second-order valence-electron chi connectivity index (χ2n) is 7.63. The van der Waals surface area contributed by atoms with E-state index in [0.29, 0.717) is 11.5 Å². The van der Waals surface area contributed by atoms with E-state index in [-0.39, 0.29) is 0 Å². The first kappa shape index (κ1) is 15.3. The molecule has 1 heterocycles. The van der Waals surface area contributed by atoms with Crippen molar-refractivity contribution in [3.63, 3.8) is 0 Å². The number of likely N-dealkylation sites (tertiary alicyclic amines) is 1. The number of nitrogens with one attached hydrogen (secondary N) is 1. The zero-order chi connectivity index (χ0) is 14.9. The minimum absolute atomic E-state index is 0.459. The smallest absolute Gasteiger partial charge is 0.323 e. The van der Waals surface area contributed by atoms with E-state index in [1.807, 2.05) is 0 Å². The molecule has 3 fully saturated rings. The van der Waals surface area contributed by atoms with E-state index in [1.165, 1.54) is 58.0 Å². The molecular weight excluding hydrogens is 264 g/mol. The molecule has 0 bridgehead atoms. The van der Waals surface area contributed by atoms with Crippen LogP contribution in [-0.4, -0.2) is 47.7 Å². The lowest BCUT2D eigenvalue weighted by molar-refractivity contribution is -0.147. The monoisotopic (exact) mass is 294 g/mol. The molecule has 120 valence electrons. The van der Waals surface area contributed by atoms with Crippen LogP contribution in [-0.2, 0) is 4.79 Å². The minimum atomic E-state index is -0.689. The van der Waals surface area contributed by atoms with Gasteiger partial charge in [0.05, 0.1) is 0 Å². The highest BCUT2D eigenvalue weighted by Gasteiger charge is 2.45. The fourth-order valence-corrected chi connectivity index (χ4v) is 5.07. The highest BCUT2D eigenvalue weighted by atomic mass is 16.4. The summed E-state index contributed by atoms with van der Waals surface area (Å²) in [6.45, 7) is 2.37. The van der Waals surface area contributed by atoms with Crippen molar-refractivity contribution in [2.24, 2.45) is 5.41 Å². The zero-order valence-corrected chi connectivity index (χ0v) is 13.4. The number of carbonyl (C=O) groups is 1. The average Bonchev–Trinajstić information content (AvgIpc) is 2.96. The summed E-state index contributed by atoms with van der Waals surface area (Å²) in [6.07, 6.45) is 12.1. The van der Waals surface area contributed by atoms with Crippen molar-refractivity contribution in [2.45, 2.75) is 75.8 Å². The second-order valence-corrected chi connectivity index (χ2v) is 7.63. The fourth-order valence-electron chi connectivity index (χ4n) is 5.07. The minimum Gasteiger partial charge on any atom is -0.480 e. The van der Waals surface area contributed by atoms with Gasteiger partial charge in [-0.1, -0.05) is 12.8 Å². The largest absolute Gasteiger partial charge is 0.480 e. The molecule has 0 aromatic rings. The lowest BCUT2D eigenvalue weighted by atomic mass is 9.74. The van der Waals surface area contributed by atoms with Crippen LogP contribution in [0.4, 0.5) is 0 Å². The van der Waals surface area contributed by atoms with Gasteiger partial charge in [0.2, 0.25) is 0 Å². The van der Waals surface area contributed by atoms with Crippen molar-refractivity contribution in [3.05, 3.63) is 0 Å². The van der Waals surface area contributed by atoms with E-state index >= 15 is 0 Å². The summed E-state index contributed by atoms with van der Waals surface area (Å²) >= 11 is 0. The number of aliphatic carboxylic acids is 1. The molecule has 0 amide bonds. The molecule has 4 heteroatoms. The van der Waals surface area contributed by atoms with Gasteiger partial charge in [0.1, 0.15) is 5.54 Å². The first-order valence-corrected chi connectivity index (χ1v) is 8.76. The van der Waals surface area contributed by atoms with Gasteiger partial charge in [0.25, 0.3) is 0 Å². The van der Waals surface area contributed by atoms with Gasteiger partial charge in [0.15, 0.2) is 0 Å². The molecule has 0 aromatic carbocycles.